The van der Waals surface area contributed by atoms with Crippen LogP contribution in [0.5, 0.6) is 11.5 Å². The number of carbonyl (C=O) groups excluding carboxylic acids is 1. The number of fused-ring (bicyclic) bond motifs is 1. The normalized spacial score (nSPS) is 13.0. The third-order valence-corrected chi connectivity index (χ3v) is 6.91. The Morgan fingerprint density at radius 1 is 1.03 bits per heavy atom. The fraction of sp³-hybridized carbons (Fsp3) is 0.200. The maximum absolute atomic E-state index is 12.7. The summed E-state index contributed by atoms with van der Waals surface area (Å²) in [5, 5.41) is 2.91. The van der Waals surface area contributed by atoms with Gasteiger partial charge in [0.05, 0.1) is 10.6 Å². The van der Waals surface area contributed by atoms with E-state index >= 15 is 0 Å². The molecule has 0 radical (unpaired) electrons. The number of carbonyl (C=O) groups is 1. The van der Waals surface area contributed by atoms with Gasteiger partial charge in [0.1, 0.15) is 18.1 Å². The lowest BCUT2D eigenvalue weighted by atomic mass is 10.2. The summed E-state index contributed by atoms with van der Waals surface area (Å²) in [6.07, 6.45) is 0. The van der Waals surface area contributed by atoms with Gasteiger partial charge in [-0.25, -0.2) is 13.4 Å². The number of benzene rings is 2. The molecular weight excluding hydrogens is 426 g/mol. The third kappa shape index (κ3) is 4.24. The molecule has 2 N–H and O–H groups in total. The highest BCUT2D eigenvalue weighted by Crippen LogP contribution is 2.33. The number of aryl methyl sites for hydroxylation is 2. The minimum Gasteiger partial charge on any atom is -0.486 e. The van der Waals surface area contributed by atoms with Crippen LogP contribution in [-0.2, 0) is 10.0 Å². The van der Waals surface area contributed by atoms with Crippen molar-refractivity contribution in [2.24, 2.45) is 0 Å². The zero-order valence-electron chi connectivity index (χ0n) is 16.3. The number of rotatable bonds is 5. The Bertz CT molecular complexity index is 1200. The molecule has 0 unspecified atom stereocenters. The van der Waals surface area contributed by atoms with E-state index in [0.717, 1.165) is 16.9 Å². The molecule has 0 saturated carbocycles. The zero-order valence-corrected chi connectivity index (χ0v) is 17.9. The number of nitrogens with zero attached hydrogens (tertiary/aromatic N) is 1. The number of nitrogens with one attached hydrogen (secondary N) is 2. The average Bonchev–Trinajstić information content (AvgIpc) is 3.07. The van der Waals surface area contributed by atoms with Crippen LogP contribution in [0.1, 0.15) is 20.9 Å². The van der Waals surface area contributed by atoms with Crippen LogP contribution in [0.25, 0.3) is 0 Å². The van der Waals surface area contributed by atoms with Crippen molar-refractivity contribution in [3.05, 3.63) is 58.6 Å². The van der Waals surface area contributed by atoms with Crippen LogP contribution in [0.3, 0.4) is 0 Å². The maximum Gasteiger partial charge on any atom is 0.267 e. The van der Waals surface area contributed by atoms with Crippen LogP contribution in [0.15, 0.2) is 47.4 Å². The van der Waals surface area contributed by atoms with E-state index in [9.17, 15) is 13.2 Å². The van der Waals surface area contributed by atoms with Gasteiger partial charge in [-0.1, -0.05) is 29.0 Å². The molecule has 8 nitrogen and oxygen atoms in total. The second-order valence-electron chi connectivity index (χ2n) is 6.66. The number of thiazole rings is 1. The molecule has 1 aliphatic heterocycles. The highest BCUT2D eigenvalue weighted by molar-refractivity contribution is 7.93. The molecule has 4 rings (SSSR count). The standard InChI is InChI=1S/C20H19N3O5S2/c1-12-3-6-15(7-4-12)30(25,26)23-20-21-13(2)18(29-20)19(24)22-14-5-8-16-17(11-14)28-10-9-27-16/h3-8,11H,9-10H2,1-2H3,(H,21,23)(H,22,24). The minimum atomic E-state index is -3.79. The lowest BCUT2D eigenvalue weighted by Gasteiger charge is -2.18. The number of amides is 1. The summed E-state index contributed by atoms with van der Waals surface area (Å²) in [7, 11) is -3.79. The van der Waals surface area contributed by atoms with Gasteiger partial charge in [-0.15, -0.1) is 0 Å². The monoisotopic (exact) mass is 445 g/mol. The first-order valence-electron chi connectivity index (χ1n) is 9.10. The van der Waals surface area contributed by atoms with Gasteiger partial charge in [0, 0.05) is 11.8 Å². The molecule has 0 spiro atoms. The summed E-state index contributed by atoms with van der Waals surface area (Å²) in [5.74, 6) is 0.801. The molecule has 10 heteroatoms. The van der Waals surface area contributed by atoms with Gasteiger partial charge < -0.3 is 14.8 Å². The molecule has 0 saturated heterocycles. The van der Waals surface area contributed by atoms with Crippen molar-refractivity contribution in [1.29, 1.82) is 0 Å². The number of hydrogen-bond donors (Lipinski definition) is 2. The summed E-state index contributed by atoms with van der Waals surface area (Å²) in [4.78, 5) is 17.3. The molecule has 2 aromatic carbocycles. The van der Waals surface area contributed by atoms with E-state index in [4.69, 9.17) is 9.47 Å². The smallest absolute Gasteiger partial charge is 0.267 e. The molecule has 30 heavy (non-hydrogen) atoms. The molecule has 2 heterocycles. The molecule has 0 atom stereocenters. The van der Waals surface area contributed by atoms with Crippen LogP contribution < -0.4 is 19.5 Å². The van der Waals surface area contributed by atoms with E-state index in [0.29, 0.717) is 41.0 Å². The number of sulfonamides is 1. The lowest BCUT2D eigenvalue weighted by molar-refractivity contribution is 0.102. The number of ether oxygens (including phenoxy) is 2. The SMILES string of the molecule is Cc1ccc(S(=O)(=O)Nc2nc(C)c(C(=O)Nc3ccc4c(c3)OCCO4)s2)cc1. The van der Waals surface area contributed by atoms with Crippen LogP contribution >= 0.6 is 11.3 Å². The Hall–Kier alpha value is -3.11. The quantitative estimate of drug-likeness (QED) is 0.622. The highest BCUT2D eigenvalue weighted by Gasteiger charge is 2.21. The molecule has 0 aliphatic carbocycles. The second-order valence-corrected chi connectivity index (χ2v) is 9.35. The Labute approximate surface area is 177 Å². The van der Waals surface area contributed by atoms with Gasteiger partial charge in [-0.05, 0) is 38.1 Å². The van der Waals surface area contributed by atoms with Crippen molar-refractivity contribution >= 4 is 38.1 Å². The fourth-order valence-corrected chi connectivity index (χ4v) is 4.95. The molecule has 1 amide bonds. The van der Waals surface area contributed by atoms with Crippen molar-refractivity contribution in [2.45, 2.75) is 18.7 Å². The average molecular weight is 446 g/mol. The number of anilines is 2. The Morgan fingerprint density at radius 2 is 1.73 bits per heavy atom. The molecule has 1 aliphatic rings. The summed E-state index contributed by atoms with van der Waals surface area (Å²) in [5.41, 5.74) is 1.92. The fourth-order valence-electron chi connectivity index (χ4n) is 2.85. The van der Waals surface area contributed by atoms with Gasteiger partial charge in [0.2, 0.25) is 0 Å². The summed E-state index contributed by atoms with van der Waals surface area (Å²) < 4.78 is 38.5. The third-order valence-electron chi connectivity index (χ3n) is 4.36. The molecule has 0 fully saturated rings. The van der Waals surface area contributed by atoms with Gasteiger partial charge in [0.15, 0.2) is 16.6 Å². The summed E-state index contributed by atoms with van der Waals surface area (Å²) >= 11 is 0.971. The zero-order chi connectivity index (χ0) is 21.3. The Kier molecular flexibility index (Phi) is 5.35. The predicted molar refractivity (Wildman–Crippen MR) is 114 cm³/mol. The number of hydrogen-bond acceptors (Lipinski definition) is 7. The maximum atomic E-state index is 12.7. The van der Waals surface area contributed by atoms with Crippen LogP contribution in [0.4, 0.5) is 10.8 Å². The van der Waals surface area contributed by atoms with Crippen LogP contribution in [-0.4, -0.2) is 32.5 Å². The van der Waals surface area contributed by atoms with Crippen LogP contribution in [0.2, 0.25) is 0 Å². The minimum absolute atomic E-state index is 0.125. The van der Waals surface area contributed by atoms with Gasteiger partial charge >= 0.3 is 0 Å². The molecule has 3 aromatic rings. The van der Waals surface area contributed by atoms with E-state index in [2.05, 4.69) is 15.0 Å². The highest BCUT2D eigenvalue weighted by atomic mass is 32.2. The number of aromatic nitrogens is 1. The predicted octanol–water partition coefficient (Wildman–Crippen LogP) is 3.58. The Balaban J connectivity index is 1.51. The topological polar surface area (TPSA) is 107 Å². The van der Waals surface area contributed by atoms with E-state index in [1.165, 1.54) is 12.1 Å². The van der Waals surface area contributed by atoms with E-state index in [1.807, 2.05) is 6.92 Å². The largest absolute Gasteiger partial charge is 0.486 e. The summed E-state index contributed by atoms with van der Waals surface area (Å²) in [6.45, 7) is 4.46. The van der Waals surface area contributed by atoms with E-state index in [1.54, 1.807) is 37.3 Å². The first-order valence-corrected chi connectivity index (χ1v) is 11.4. The van der Waals surface area contributed by atoms with Crippen molar-refractivity contribution in [3.8, 4) is 11.5 Å². The van der Waals surface area contributed by atoms with Gasteiger partial charge in [0.25, 0.3) is 15.9 Å². The van der Waals surface area contributed by atoms with Gasteiger partial charge in [-0.2, -0.15) is 0 Å². The lowest BCUT2D eigenvalue weighted by Crippen LogP contribution is -2.16. The van der Waals surface area contributed by atoms with Gasteiger partial charge in [-0.3, -0.25) is 9.52 Å². The molecular formula is C20H19N3O5S2. The van der Waals surface area contributed by atoms with Crippen molar-refractivity contribution < 1.29 is 22.7 Å². The molecule has 1 aromatic heterocycles. The van der Waals surface area contributed by atoms with E-state index in [-0.39, 0.29) is 15.9 Å². The molecule has 156 valence electrons. The van der Waals surface area contributed by atoms with Crippen molar-refractivity contribution in [3.63, 3.8) is 0 Å². The molecule has 0 bridgehead atoms. The first-order chi connectivity index (χ1) is 14.3. The Morgan fingerprint density at radius 3 is 2.47 bits per heavy atom. The van der Waals surface area contributed by atoms with Crippen LogP contribution in [0, 0.1) is 13.8 Å². The van der Waals surface area contributed by atoms with Crippen molar-refractivity contribution in [1.82, 2.24) is 4.98 Å². The van der Waals surface area contributed by atoms with E-state index < -0.39 is 10.0 Å². The first kappa shape index (κ1) is 20.2. The second kappa shape index (κ2) is 7.96. The summed E-state index contributed by atoms with van der Waals surface area (Å²) in [6, 6.07) is 11.6. The van der Waals surface area contributed by atoms with Crippen molar-refractivity contribution in [2.75, 3.05) is 23.3 Å².